The fourth-order valence-electron chi connectivity index (χ4n) is 5.39. The third-order valence-electron chi connectivity index (χ3n) is 6.15. The number of hydrogen-bond donors (Lipinski definition) is 2. The Kier molecular flexibility index (Phi) is 3.22. The second-order valence-corrected chi connectivity index (χ2v) is 8.13. The zero-order valence-electron chi connectivity index (χ0n) is 14.4. The molecule has 6 rings (SSSR count). The molecule has 4 atom stereocenters. The zero-order chi connectivity index (χ0) is 18.1. The lowest BCUT2D eigenvalue weighted by Crippen LogP contribution is -2.64. The number of carbonyl (C=O) groups excluding carboxylic acids is 3. The molecule has 2 aliphatic carbocycles. The molecule has 1 aromatic rings. The van der Waals surface area contributed by atoms with E-state index in [0.717, 1.165) is 30.6 Å². The summed E-state index contributed by atoms with van der Waals surface area (Å²) in [7, 11) is 0. The molecule has 2 saturated heterocycles. The van der Waals surface area contributed by atoms with Crippen molar-refractivity contribution in [3.63, 3.8) is 0 Å². The van der Waals surface area contributed by atoms with Gasteiger partial charge in [0.1, 0.15) is 12.3 Å². The summed E-state index contributed by atoms with van der Waals surface area (Å²) >= 11 is 0. The molecule has 0 unspecified atom stereocenters. The molecule has 4 fully saturated rings. The van der Waals surface area contributed by atoms with Gasteiger partial charge in [0, 0.05) is 5.69 Å². The third kappa shape index (κ3) is 2.34. The van der Waals surface area contributed by atoms with E-state index in [1.165, 1.54) is 18.6 Å². The van der Waals surface area contributed by atoms with Crippen LogP contribution in [0.5, 0.6) is 0 Å². The van der Waals surface area contributed by atoms with Gasteiger partial charge in [-0.05, 0) is 62.1 Å². The number of nitrogens with two attached hydrogens (primary N) is 1. The Balaban J connectivity index is 1.31. The van der Waals surface area contributed by atoms with Crippen molar-refractivity contribution in [2.45, 2.75) is 43.9 Å². The Morgan fingerprint density at radius 1 is 1.15 bits per heavy atom. The Labute approximate surface area is 150 Å². The Bertz CT molecular complexity index is 799. The molecule has 3 amide bonds. The Morgan fingerprint density at radius 2 is 1.85 bits per heavy atom. The monoisotopic (exact) mass is 355 g/mol. The van der Waals surface area contributed by atoms with Gasteiger partial charge in [-0.15, -0.1) is 0 Å². The van der Waals surface area contributed by atoms with Crippen molar-refractivity contribution in [3.8, 4) is 0 Å². The molecular weight excluding hydrogens is 334 g/mol. The first-order chi connectivity index (χ1) is 12.4. The van der Waals surface area contributed by atoms with Crippen LogP contribution in [-0.2, 0) is 9.53 Å². The summed E-state index contributed by atoms with van der Waals surface area (Å²) in [5.41, 5.74) is 6.05. The lowest BCUT2D eigenvalue weighted by Gasteiger charge is -2.56. The number of anilines is 1. The van der Waals surface area contributed by atoms with Gasteiger partial charge in [0.15, 0.2) is 0 Å². The van der Waals surface area contributed by atoms with E-state index in [1.807, 2.05) is 0 Å². The fraction of sp³-hybridized carbons (Fsp3) is 0.526. The number of fused-ring (bicyclic) bond motifs is 1. The molecule has 7 heteroatoms. The van der Waals surface area contributed by atoms with Gasteiger partial charge in [-0.3, -0.25) is 19.3 Å². The van der Waals surface area contributed by atoms with Crippen molar-refractivity contribution in [3.05, 3.63) is 29.3 Å². The number of nitrogen functional groups attached to an aromatic ring is 1. The SMILES string of the molecule is Nc1ccc2c(c1)C(=O)N(CC(=O)N[C@@]13C[C@@H]4C[C@@H](C[C@H](C4)O1)C3)C2=O. The number of imide groups is 1. The third-order valence-corrected chi connectivity index (χ3v) is 6.15. The highest BCUT2D eigenvalue weighted by atomic mass is 16.5. The number of hydrogen-bond acceptors (Lipinski definition) is 5. The minimum absolute atomic E-state index is 0.226. The van der Waals surface area contributed by atoms with E-state index in [-0.39, 0.29) is 24.1 Å². The minimum Gasteiger partial charge on any atom is -0.399 e. The van der Waals surface area contributed by atoms with Gasteiger partial charge in [-0.2, -0.15) is 0 Å². The largest absolute Gasteiger partial charge is 0.399 e. The topological polar surface area (TPSA) is 102 Å². The molecule has 7 nitrogen and oxygen atoms in total. The van der Waals surface area contributed by atoms with Gasteiger partial charge in [0.2, 0.25) is 5.91 Å². The van der Waals surface area contributed by atoms with Crippen molar-refractivity contribution in [1.82, 2.24) is 10.2 Å². The first-order valence-electron chi connectivity index (χ1n) is 9.17. The average molecular weight is 355 g/mol. The van der Waals surface area contributed by atoms with Crippen LogP contribution in [0.1, 0.15) is 52.8 Å². The summed E-state index contributed by atoms with van der Waals surface area (Å²) in [6.45, 7) is -0.294. The maximum atomic E-state index is 12.6. The van der Waals surface area contributed by atoms with Crippen LogP contribution >= 0.6 is 0 Å². The standard InChI is InChI=1S/C19H21N3O4/c20-12-1-2-14-15(6-12)18(25)22(17(14)24)9-16(23)21-19-7-10-3-11(8-19)5-13(4-10)26-19/h1-2,6,10-11,13H,3-5,7-9,20H2,(H,21,23)/t10-,11+,13+,19+. The van der Waals surface area contributed by atoms with E-state index in [2.05, 4.69) is 5.32 Å². The normalized spacial score (nSPS) is 34.3. The summed E-state index contributed by atoms with van der Waals surface area (Å²) < 4.78 is 6.14. The van der Waals surface area contributed by atoms with Crippen molar-refractivity contribution in [2.24, 2.45) is 11.8 Å². The Hall–Kier alpha value is -2.41. The van der Waals surface area contributed by atoms with E-state index >= 15 is 0 Å². The van der Waals surface area contributed by atoms with Crippen LogP contribution < -0.4 is 11.1 Å². The van der Waals surface area contributed by atoms with E-state index in [1.54, 1.807) is 6.07 Å². The predicted octanol–water partition coefficient (Wildman–Crippen LogP) is 1.29. The highest BCUT2D eigenvalue weighted by Crippen LogP contribution is 2.51. The summed E-state index contributed by atoms with van der Waals surface area (Å²) in [5, 5.41) is 3.00. The van der Waals surface area contributed by atoms with Gasteiger partial charge in [0.05, 0.1) is 17.2 Å². The van der Waals surface area contributed by atoms with Gasteiger partial charge >= 0.3 is 0 Å². The molecule has 5 aliphatic rings. The highest BCUT2D eigenvalue weighted by Gasteiger charge is 2.53. The fourth-order valence-corrected chi connectivity index (χ4v) is 5.39. The summed E-state index contributed by atoms with van der Waals surface area (Å²) in [4.78, 5) is 38.6. The van der Waals surface area contributed by atoms with Crippen LogP contribution in [0.4, 0.5) is 5.69 Å². The van der Waals surface area contributed by atoms with E-state index < -0.39 is 17.5 Å². The predicted molar refractivity (Wildman–Crippen MR) is 92.0 cm³/mol. The zero-order valence-corrected chi connectivity index (χ0v) is 14.4. The van der Waals surface area contributed by atoms with E-state index in [9.17, 15) is 14.4 Å². The highest BCUT2D eigenvalue weighted by molar-refractivity contribution is 6.22. The molecule has 1 aromatic carbocycles. The van der Waals surface area contributed by atoms with Gasteiger partial charge in [-0.25, -0.2) is 0 Å². The molecule has 2 saturated carbocycles. The molecule has 3 aliphatic heterocycles. The van der Waals surface area contributed by atoms with Crippen LogP contribution in [0.15, 0.2) is 18.2 Å². The van der Waals surface area contributed by atoms with Crippen molar-refractivity contribution in [1.29, 1.82) is 0 Å². The maximum Gasteiger partial charge on any atom is 0.262 e. The molecule has 0 aromatic heterocycles. The molecule has 0 spiro atoms. The summed E-state index contributed by atoms with van der Waals surface area (Å²) in [6.07, 6.45) is 5.25. The molecule has 26 heavy (non-hydrogen) atoms. The van der Waals surface area contributed by atoms with E-state index in [0.29, 0.717) is 23.1 Å². The van der Waals surface area contributed by atoms with Crippen LogP contribution in [-0.4, -0.2) is 41.0 Å². The molecular formula is C19H21N3O4. The average Bonchev–Trinajstić information content (AvgIpc) is 2.77. The quantitative estimate of drug-likeness (QED) is 0.628. The lowest BCUT2D eigenvalue weighted by atomic mass is 9.65. The smallest absolute Gasteiger partial charge is 0.262 e. The second-order valence-electron chi connectivity index (χ2n) is 8.13. The van der Waals surface area contributed by atoms with Gasteiger partial charge in [0.25, 0.3) is 11.8 Å². The summed E-state index contributed by atoms with van der Waals surface area (Å²) in [6, 6.07) is 4.59. The molecule has 0 radical (unpaired) electrons. The van der Waals surface area contributed by atoms with Crippen LogP contribution in [0, 0.1) is 11.8 Å². The first kappa shape index (κ1) is 15.8. The van der Waals surface area contributed by atoms with Crippen molar-refractivity contribution in [2.75, 3.05) is 12.3 Å². The number of nitrogens with one attached hydrogen (secondary N) is 1. The van der Waals surface area contributed by atoms with Crippen LogP contribution in [0.3, 0.4) is 0 Å². The molecule has 4 bridgehead atoms. The first-order valence-corrected chi connectivity index (χ1v) is 9.17. The number of rotatable bonds is 3. The Morgan fingerprint density at radius 3 is 2.54 bits per heavy atom. The summed E-state index contributed by atoms with van der Waals surface area (Å²) in [5.74, 6) is -0.0763. The van der Waals surface area contributed by atoms with Crippen LogP contribution in [0.25, 0.3) is 0 Å². The number of ether oxygens (including phenoxy) is 1. The minimum atomic E-state index is -0.616. The molecule has 3 heterocycles. The molecule has 3 N–H and O–H groups in total. The van der Waals surface area contributed by atoms with Crippen molar-refractivity contribution >= 4 is 23.4 Å². The number of benzene rings is 1. The van der Waals surface area contributed by atoms with E-state index in [4.69, 9.17) is 10.5 Å². The van der Waals surface area contributed by atoms with Crippen LogP contribution in [0.2, 0.25) is 0 Å². The molecule has 136 valence electrons. The second kappa shape index (κ2) is 5.30. The maximum absolute atomic E-state index is 12.6. The number of nitrogens with zero attached hydrogens (tertiary/aromatic N) is 1. The van der Waals surface area contributed by atoms with Gasteiger partial charge in [-0.1, -0.05) is 0 Å². The number of carbonyl (C=O) groups is 3. The lowest BCUT2D eigenvalue weighted by molar-refractivity contribution is -0.233. The van der Waals surface area contributed by atoms with Gasteiger partial charge < -0.3 is 15.8 Å². The number of amides is 3. The van der Waals surface area contributed by atoms with Crippen molar-refractivity contribution < 1.29 is 19.1 Å².